The Morgan fingerprint density at radius 1 is 1.29 bits per heavy atom. The molecule has 3 nitrogen and oxygen atoms in total. The third kappa shape index (κ3) is 4.30. The van der Waals surface area contributed by atoms with Gasteiger partial charge in [0.2, 0.25) is 0 Å². The van der Waals surface area contributed by atoms with Crippen molar-refractivity contribution < 1.29 is 9.53 Å². The summed E-state index contributed by atoms with van der Waals surface area (Å²) >= 11 is 0. The van der Waals surface area contributed by atoms with Crippen LogP contribution in [0.3, 0.4) is 0 Å². The summed E-state index contributed by atoms with van der Waals surface area (Å²) in [6.45, 7) is 11.6. The van der Waals surface area contributed by atoms with Gasteiger partial charge in [0.15, 0.2) is 5.76 Å². The maximum atomic E-state index is 11.6. The van der Waals surface area contributed by atoms with Gasteiger partial charge in [-0.3, -0.25) is 4.79 Å². The molecule has 0 aromatic rings. The van der Waals surface area contributed by atoms with Crippen LogP contribution in [0.1, 0.15) is 33.6 Å². The van der Waals surface area contributed by atoms with E-state index in [1.54, 1.807) is 4.90 Å². The first kappa shape index (κ1) is 13.0. The smallest absolute Gasteiger partial charge is 0.288 e. The predicted molar refractivity (Wildman–Crippen MR) is 57.9 cm³/mol. The van der Waals surface area contributed by atoms with Crippen molar-refractivity contribution in [2.45, 2.75) is 33.6 Å². The van der Waals surface area contributed by atoms with Crippen molar-refractivity contribution in [3.8, 4) is 0 Å². The zero-order valence-corrected chi connectivity index (χ0v) is 9.51. The van der Waals surface area contributed by atoms with Gasteiger partial charge >= 0.3 is 0 Å². The number of hydrogen-bond acceptors (Lipinski definition) is 2. The molecule has 0 aromatic heterocycles. The van der Waals surface area contributed by atoms with Crippen molar-refractivity contribution in [1.29, 1.82) is 0 Å². The first-order valence-corrected chi connectivity index (χ1v) is 5.28. The molecule has 0 N–H and O–H groups in total. The second-order valence-electron chi connectivity index (χ2n) is 3.10. The standard InChI is InChI=1S/C11H21NO2/c1-5-8-9-14-10(4)11(13)12(6-2)7-3/h4-9H2,1-3H3. The van der Waals surface area contributed by atoms with Crippen LogP contribution in [0.25, 0.3) is 0 Å². The van der Waals surface area contributed by atoms with Gasteiger partial charge < -0.3 is 9.64 Å². The van der Waals surface area contributed by atoms with Crippen LogP contribution in [0.15, 0.2) is 12.3 Å². The SMILES string of the molecule is C=C(OCCCC)C(=O)N(CC)CC. The summed E-state index contributed by atoms with van der Waals surface area (Å²) in [6.07, 6.45) is 2.03. The highest BCUT2D eigenvalue weighted by molar-refractivity contribution is 5.90. The monoisotopic (exact) mass is 199 g/mol. The Bertz CT molecular complexity index is 186. The lowest BCUT2D eigenvalue weighted by Gasteiger charge is -2.19. The van der Waals surface area contributed by atoms with Crippen LogP contribution in [0.5, 0.6) is 0 Å². The Morgan fingerprint density at radius 3 is 2.29 bits per heavy atom. The van der Waals surface area contributed by atoms with Crippen LogP contribution >= 0.6 is 0 Å². The maximum Gasteiger partial charge on any atom is 0.288 e. The van der Waals surface area contributed by atoms with Gasteiger partial charge in [0.05, 0.1) is 6.61 Å². The van der Waals surface area contributed by atoms with E-state index in [0.717, 1.165) is 12.8 Å². The quantitative estimate of drug-likeness (QED) is 0.357. The minimum Gasteiger partial charge on any atom is -0.488 e. The summed E-state index contributed by atoms with van der Waals surface area (Å²) in [5.41, 5.74) is 0. The molecule has 0 bridgehead atoms. The summed E-state index contributed by atoms with van der Waals surface area (Å²) in [6, 6.07) is 0. The molecule has 0 aliphatic heterocycles. The minimum atomic E-state index is -0.0916. The van der Waals surface area contributed by atoms with Crippen LogP contribution in [0.2, 0.25) is 0 Å². The van der Waals surface area contributed by atoms with Gasteiger partial charge in [0.1, 0.15) is 0 Å². The normalized spacial score (nSPS) is 9.64. The second-order valence-corrected chi connectivity index (χ2v) is 3.10. The highest BCUT2D eigenvalue weighted by Gasteiger charge is 2.14. The number of ether oxygens (including phenoxy) is 1. The second kappa shape index (κ2) is 7.42. The fraction of sp³-hybridized carbons (Fsp3) is 0.727. The van der Waals surface area contributed by atoms with E-state index in [-0.39, 0.29) is 11.7 Å². The molecule has 0 saturated carbocycles. The molecule has 0 unspecified atom stereocenters. The molecule has 0 heterocycles. The van der Waals surface area contributed by atoms with Gasteiger partial charge in [-0.1, -0.05) is 19.9 Å². The van der Waals surface area contributed by atoms with E-state index in [4.69, 9.17) is 4.74 Å². The molecule has 0 spiro atoms. The largest absolute Gasteiger partial charge is 0.488 e. The Labute approximate surface area is 86.7 Å². The summed E-state index contributed by atoms with van der Waals surface area (Å²) in [5, 5.41) is 0. The lowest BCUT2D eigenvalue weighted by atomic mass is 10.3. The first-order valence-electron chi connectivity index (χ1n) is 5.28. The highest BCUT2D eigenvalue weighted by Crippen LogP contribution is 2.02. The van der Waals surface area contributed by atoms with E-state index in [2.05, 4.69) is 13.5 Å². The molecule has 0 rings (SSSR count). The van der Waals surface area contributed by atoms with Crippen molar-refractivity contribution in [3.05, 3.63) is 12.3 Å². The molecule has 0 aromatic carbocycles. The summed E-state index contributed by atoms with van der Waals surface area (Å²) in [5.74, 6) is 0.174. The Balaban J connectivity index is 3.91. The number of likely N-dealkylation sites (N-methyl/N-ethyl adjacent to an activating group) is 1. The Kier molecular flexibility index (Phi) is 6.89. The van der Waals surface area contributed by atoms with Crippen LogP contribution in [-0.4, -0.2) is 30.5 Å². The van der Waals surface area contributed by atoms with E-state index < -0.39 is 0 Å². The molecule has 0 aliphatic carbocycles. The third-order valence-electron chi connectivity index (χ3n) is 2.06. The van der Waals surface area contributed by atoms with E-state index in [1.807, 2.05) is 13.8 Å². The van der Waals surface area contributed by atoms with Crippen molar-refractivity contribution in [2.75, 3.05) is 19.7 Å². The number of nitrogens with zero attached hydrogens (tertiary/aromatic N) is 1. The topological polar surface area (TPSA) is 29.5 Å². The van der Waals surface area contributed by atoms with Crippen molar-refractivity contribution in [1.82, 2.24) is 4.90 Å². The lowest BCUT2D eigenvalue weighted by molar-refractivity contribution is -0.130. The van der Waals surface area contributed by atoms with Crippen LogP contribution < -0.4 is 0 Å². The molecule has 0 aliphatic rings. The molecule has 0 fully saturated rings. The molecule has 14 heavy (non-hydrogen) atoms. The summed E-state index contributed by atoms with van der Waals surface area (Å²) < 4.78 is 5.24. The number of unbranched alkanes of at least 4 members (excludes halogenated alkanes) is 1. The first-order chi connectivity index (χ1) is 6.67. The number of amides is 1. The third-order valence-corrected chi connectivity index (χ3v) is 2.06. The minimum absolute atomic E-state index is 0.0916. The van der Waals surface area contributed by atoms with E-state index in [0.29, 0.717) is 19.7 Å². The van der Waals surface area contributed by atoms with E-state index in [9.17, 15) is 4.79 Å². The molecule has 1 amide bonds. The van der Waals surface area contributed by atoms with E-state index >= 15 is 0 Å². The van der Waals surface area contributed by atoms with Gasteiger partial charge in [-0.15, -0.1) is 0 Å². The zero-order chi connectivity index (χ0) is 11.0. The number of carbonyl (C=O) groups excluding carboxylic acids is 1. The van der Waals surface area contributed by atoms with E-state index in [1.165, 1.54) is 0 Å². The van der Waals surface area contributed by atoms with Gasteiger partial charge in [-0.2, -0.15) is 0 Å². The lowest BCUT2D eigenvalue weighted by Crippen LogP contribution is -2.32. The molecular weight excluding hydrogens is 178 g/mol. The molecule has 0 atom stereocenters. The molecular formula is C11H21NO2. The Morgan fingerprint density at radius 2 is 1.86 bits per heavy atom. The van der Waals surface area contributed by atoms with Gasteiger partial charge in [-0.25, -0.2) is 0 Å². The van der Waals surface area contributed by atoms with Crippen molar-refractivity contribution in [3.63, 3.8) is 0 Å². The zero-order valence-electron chi connectivity index (χ0n) is 9.51. The summed E-state index contributed by atoms with van der Waals surface area (Å²) in [7, 11) is 0. The average Bonchev–Trinajstić information content (AvgIpc) is 2.19. The highest BCUT2D eigenvalue weighted by atomic mass is 16.5. The Hall–Kier alpha value is -0.990. The molecule has 0 saturated heterocycles. The van der Waals surface area contributed by atoms with Gasteiger partial charge in [0, 0.05) is 13.1 Å². The predicted octanol–water partition coefficient (Wildman–Crippen LogP) is 2.19. The number of rotatable bonds is 7. The van der Waals surface area contributed by atoms with Crippen LogP contribution in [0, 0.1) is 0 Å². The molecule has 3 heteroatoms. The number of carbonyl (C=O) groups is 1. The summed E-state index contributed by atoms with van der Waals surface area (Å²) in [4.78, 5) is 13.3. The van der Waals surface area contributed by atoms with Gasteiger partial charge in [-0.05, 0) is 20.3 Å². The fourth-order valence-electron chi connectivity index (χ4n) is 1.09. The maximum absolute atomic E-state index is 11.6. The van der Waals surface area contributed by atoms with Crippen molar-refractivity contribution >= 4 is 5.91 Å². The fourth-order valence-corrected chi connectivity index (χ4v) is 1.09. The van der Waals surface area contributed by atoms with Crippen LogP contribution in [0.4, 0.5) is 0 Å². The van der Waals surface area contributed by atoms with Crippen LogP contribution in [-0.2, 0) is 9.53 Å². The van der Waals surface area contributed by atoms with Crippen molar-refractivity contribution in [2.24, 2.45) is 0 Å². The van der Waals surface area contributed by atoms with Gasteiger partial charge in [0.25, 0.3) is 5.91 Å². The average molecular weight is 199 g/mol. The number of hydrogen-bond donors (Lipinski definition) is 0. The molecule has 82 valence electrons. The molecule has 0 radical (unpaired) electrons.